The van der Waals surface area contributed by atoms with E-state index in [1.165, 1.54) is 27.8 Å². The summed E-state index contributed by atoms with van der Waals surface area (Å²) < 4.78 is 39.4. The molecule has 1 aromatic carbocycles. The average Bonchev–Trinajstić information content (AvgIpc) is 3.00. The van der Waals surface area contributed by atoms with E-state index in [9.17, 15) is 17.6 Å². The van der Waals surface area contributed by atoms with Crippen LogP contribution in [-0.2, 0) is 14.8 Å². The SMILES string of the molecule is Cc1nnc(NC(=O)C2CCN(S(=O)(=O)c3ccc(F)cc3)CC2)s1. The van der Waals surface area contributed by atoms with Gasteiger partial charge in [0.1, 0.15) is 10.8 Å². The van der Waals surface area contributed by atoms with Crippen molar-refractivity contribution < 1.29 is 17.6 Å². The lowest BCUT2D eigenvalue weighted by Gasteiger charge is -2.30. The Kier molecular flexibility index (Phi) is 5.11. The number of nitrogens with zero attached hydrogens (tertiary/aromatic N) is 3. The fourth-order valence-electron chi connectivity index (χ4n) is 2.67. The standard InChI is InChI=1S/C15H17FN4O3S2/c1-10-18-19-15(24-10)17-14(21)11-6-8-20(9-7-11)25(22,23)13-4-2-12(16)3-5-13/h2-5,11H,6-9H2,1H3,(H,17,19,21). The van der Waals surface area contributed by atoms with Crippen molar-refractivity contribution in [1.82, 2.24) is 14.5 Å². The number of nitrogens with one attached hydrogen (secondary N) is 1. The summed E-state index contributed by atoms with van der Waals surface area (Å²) in [4.78, 5) is 12.3. The molecule has 1 aliphatic heterocycles. The number of sulfonamides is 1. The summed E-state index contributed by atoms with van der Waals surface area (Å²) in [5, 5.41) is 11.6. The third-order valence-corrected chi connectivity index (χ3v) is 6.70. The van der Waals surface area contributed by atoms with Gasteiger partial charge in [-0.3, -0.25) is 4.79 Å². The number of amides is 1. The Morgan fingerprint density at radius 1 is 1.24 bits per heavy atom. The number of aryl methyl sites for hydroxylation is 1. The van der Waals surface area contributed by atoms with E-state index in [-0.39, 0.29) is 29.8 Å². The third kappa shape index (κ3) is 4.02. The van der Waals surface area contributed by atoms with Gasteiger partial charge in [0.15, 0.2) is 0 Å². The molecule has 2 heterocycles. The molecule has 10 heteroatoms. The first-order chi connectivity index (χ1) is 11.9. The highest BCUT2D eigenvalue weighted by Crippen LogP contribution is 2.25. The predicted octanol–water partition coefficient (Wildman–Crippen LogP) is 2.03. The number of piperidine rings is 1. The van der Waals surface area contributed by atoms with E-state index < -0.39 is 15.8 Å². The van der Waals surface area contributed by atoms with Gasteiger partial charge in [-0.05, 0) is 44.0 Å². The minimum Gasteiger partial charge on any atom is -0.300 e. The van der Waals surface area contributed by atoms with Crippen molar-refractivity contribution >= 4 is 32.4 Å². The molecule has 3 rings (SSSR count). The molecule has 0 spiro atoms. The lowest BCUT2D eigenvalue weighted by Crippen LogP contribution is -2.41. The molecule has 0 unspecified atom stereocenters. The number of aromatic nitrogens is 2. The van der Waals surface area contributed by atoms with Gasteiger partial charge < -0.3 is 5.32 Å². The van der Waals surface area contributed by atoms with E-state index in [1.807, 2.05) is 0 Å². The predicted molar refractivity (Wildman–Crippen MR) is 91.2 cm³/mol. The molecule has 1 N–H and O–H groups in total. The average molecular weight is 384 g/mol. The molecule has 1 fully saturated rings. The quantitative estimate of drug-likeness (QED) is 0.871. The largest absolute Gasteiger partial charge is 0.300 e. The summed E-state index contributed by atoms with van der Waals surface area (Å²) in [7, 11) is -3.67. The molecule has 25 heavy (non-hydrogen) atoms. The molecule has 1 aromatic heterocycles. The van der Waals surface area contributed by atoms with Gasteiger partial charge in [0.25, 0.3) is 0 Å². The lowest BCUT2D eigenvalue weighted by molar-refractivity contribution is -0.120. The second-order valence-corrected chi connectivity index (χ2v) is 8.87. The van der Waals surface area contributed by atoms with E-state index in [1.54, 1.807) is 6.92 Å². The Hall–Kier alpha value is -1.91. The highest BCUT2D eigenvalue weighted by Gasteiger charge is 2.32. The van der Waals surface area contributed by atoms with Crippen molar-refractivity contribution in [2.24, 2.45) is 5.92 Å². The molecule has 0 aliphatic carbocycles. The zero-order valence-electron chi connectivity index (χ0n) is 13.5. The summed E-state index contributed by atoms with van der Waals surface area (Å²) in [5.41, 5.74) is 0. The van der Waals surface area contributed by atoms with Gasteiger partial charge in [0.05, 0.1) is 4.90 Å². The number of carbonyl (C=O) groups is 1. The van der Waals surface area contributed by atoms with Crippen LogP contribution in [0.4, 0.5) is 9.52 Å². The molecule has 0 saturated carbocycles. The summed E-state index contributed by atoms with van der Waals surface area (Å²) in [6.07, 6.45) is 0.841. The summed E-state index contributed by atoms with van der Waals surface area (Å²) in [6, 6.07) is 4.75. The van der Waals surface area contributed by atoms with Gasteiger partial charge in [0.2, 0.25) is 21.1 Å². The van der Waals surface area contributed by atoms with E-state index in [0.717, 1.165) is 17.1 Å². The second-order valence-electron chi connectivity index (χ2n) is 5.75. The van der Waals surface area contributed by atoms with Crippen LogP contribution in [0.1, 0.15) is 17.8 Å². The van der Waals surface area contributed by atoms with Crippen molar-refractivity contribution in [3.05, 3.63) is 35.1 Å². The lowest BCUT2D eigenvalue weighted by atomic mass is 9.97. The van der Waals surface area contributed by atoms with Crippen LogP contribution >= 0.6 is 11.3 Å². The molecule has 1 amide bonds. The Morgan fingerprint density at radius 3 is 2.44 bits per heavy atom. The Morgan fingerprint density at radius 2 is 1.88 bits per heavy atom. The van der Waals surface area contributed by atoms with Crippen LogP contribution < -0.4 is 5.32 Å². The van der Waals surface area contributed by atoms with E-state index in [2.05, 4.69) is 15.5 Å². The molecule has 7 nitrogen and oxygen atoms in total. The van der Waals surface area contributed by atoms with Crippen molar-refractivity contribution in [2.45, 2.75) is 24.7 Å². The highest BCUT2D eigenvalue weighted by atomic mass is 32.2. The number of hydrogen-bond donors (Lipinski definition) is 1. The maximum atomic E-state index is 13.0. The molecular weight excluding hydrogens is 367 g/mol. The highest BCUT2D eigenvalue weighted by molar-refractivity contribution is 7.89. The molecule has 0 bridgehead atoms. The van der Waals surface area contributed by atoms with Crippen LogP contribution in [0.5, 0.6) is 0 Å². The maximum Gasteiger partial charge on any atom is 0.243 e. The van der Waals surface area contributed by atoms with Crippen LogP contribution in [0.3, 0.4) is 0 Å². The molecule has 0 radical (unpaired) electrons. The van der Waals surface area contributed by atoms with E-state index in [0.29, 0.717) is 18.0 Å². The molecule has 1 saturated heterocycles. The zero-order valence-corrected chi connectivity index (χ0v) is 15.1. The van der Waals surface area contributed by atoms with Gasteiger partial charge in [-0.25, -0.2) is 12.8 Å². The molecule has 0 atom stereocenters. The van der Waals surface area contributed by atoms with E-state index >= 15 is 0 Å². The number of rotatable bonds is 4. The molecule has 1 aliphatic rings. The minimum atomic E-state index is -3.67. The van der Waals surface area contributed by atoms with Crippen molar-refractivity contribution in [2.75, 3.05) is 18.4 Å². The minimum absolute atomic E-state index is 0.0566. The first-order valence-corrected chi connectivity index (χ1v) is 9.98. The van der Waals surface area contributed by atoms with Crippen molar-refractivity contribution in [1.29, 1.82) is 0 Å². The number of halogens is 1. The molecular formula is C15H17FN4O3S2. The van der Waals surface area contributed by atoms with Crippen LogP contribution in [0.25, 0.3) is 0 Å². The van der Waals surface area contributed by atoms with Gasteiger partial charge in [-0.1, -0.05) is 11.3 Å². The van der Waals surface area contributed by atoms with E-state index in [4.69, 9.17) is 0 Å². The normalized spacial score (nSPS) is 16.7. The van der Waals surface area contributed by atoms with Crippen LogP contribution in [0.2, 0.25) is 0 Å². The summed E-state index contributed by atoms with van der Waals surface area (Å²) in [5.74, 6) is -0.930. The van der Waals surface area contributed by atoms with Gasteiger partial charge in [-0.15, -0.1) is 10.2 Å². The number of anilines is 1. The van der Waals surface area contributed by atoms with Crippen molar-refractivity contribution in [3.63, 3.8) is 0 Å². The molecule has 2 aromatic rings. The van der Waals surface area contributed by atoms with Gasteiger partial charge in [-0.2, -0.15) is 4.31 Å². The van der Waals surface area contributed by atoms with Crippen LogP contribution in [-0.4, -0.2) is 41.9 Å². The number of carbonyl (C=O) groups excluding carboxylic acids is 1. The third-order valence-electron chi connectivity index (χ3n) is 4.03. The fraction of sp³-hybridized carbons (Fsp3) is 0.400. The van der Waals surface area contributed by atoms with Crippen LogP contribution in [0.15, 0.2) is 29.2 Å². The first-order valence-electron chi connectivity index (χ1n) is 7.73. The summed E-state index contributed by atoms with van der Waals surface area (Å²) >= 11 is 1.29. The Bertz CT molecular complexity index is 859. The fourth-order valence-corrected chi connectivity index (χ4v) is 4.73. The first kappa shape index (κ1) is 17.9. The number of hydrogen-bond acceptors (Lipinski definition) is 6. The van der Waals surface area contributed by atoms with Gasteiger partial charge >= 0.3 is 0 Å². The Balaban J connectivity index is 1.61. The topological polar surface area (TPSA) is 92.3 Å². The Labute approximate surface area is 148 Å². The van der Waals surface area contributed by atoms with Gasteiger partial charge in [0, 0.05) is 19.0 Å². The second kappa shape index (κ2) is 7.14. The molecule has 134 valence electrons. The maximum absolute atomic E-state index is 13.0. The van der Waals surface area contributed by atoms with Crippen molar-refractivity contribution in [3.8, 4) is 0 Å². The zero-order chi connectivity index (χ0) is 18.0. The van der Waals surface area contributed by atoms with Crippen LogP contribution in [0, 0.1) is 18.7 Å². The number of benzene rings is 1. The smallest absolute Gasteiger partial charge is 0.243 e. The summed E-state index contributed by atoms with van der Waals surface area (Å²) in [6.45, 7) is 2.28. The monoisotopic (exact) mass is 384 g/mol.